The van der Waals surface area contributed by atoms with Crippen LogP contribution >= 0.6 is 0 Å². The van der Waals surface area contributed by atoms with Gasteiger partial charge in [-0.25, -0.2) is 0 Å². The Morgan fingerprint density at radius 3 is 2.23 bits per heavy atom. The van der Waals surface area contributed by atoms with Gasteiger partial charge in [-0.15, -0.1) is 0 Å². The zero-order valence-corrected chi connectivity index (χ0v) is 21.8. The second-order valence-electron chi connectivity index (χ2n) is 13.7. The van der Waals surface area contributed by atoms with Gasteiger partial charge in [0, 0.05) is 0 Å². The van der Waals surface area contributed by atoms with Crippen LogP contribution in [-0.2, 0) is 0 Å². The molecule has 0 aliphatic heterocycles. The Labute approximate surface area is 194 Å². The second kappa shape index (κ2) is 9.31. The summed E-state index contributed by atoms with van der Waals surface area (Å²) in [5.74, 6) is 7.36. The molecule has 0 amide bonds. The highest BCUT2D eigenvalue weighted by molar-refractivity contribution is 5.09. The van der Waals surface area contributed by atoms with Crippen LogP contribution in [0.4, 0.5) is 0 Å². The van der Waals surface area contributed by atoms with Crippen molar-refractivity contribution in [2.24, 2.45) is 58.2 Å². The standard InChI is InChI=1S/C30H54O/c1-7-8-22(20(2)3)10-9-21(4)26-13-14-27-25-12-11-23-19-24(31)15-17-29(23,5)28(25)16-18-30(26,27)6/h20-28,31H,7-19H2,1-6H3. The predicted octanol–water partition coefficient (Wildman–Crippen LogP) is 8.49. The van der Waals surface area contributed by atoms with Crippen LogP contribution in [0.5, 0.6) is 0 Å². The van der Waals surface area contributed by atoms with E-state index in [1.54, 1.807) is 0 Å². The Hall–Kier alpha value is -0.0400. The number of aliphatic hydroxyl groups excluding tert-OH is 1. The van der Waals surface area contributed by atoms with E-state index in [0.717, 1.165) is 60.2 Å². The molecule has 0 aromatic rings. The first-order chi connectivity index (χ1) is 14.7. The van der Waals surface area contributed by atoms with Crippen molar-refractivity contribution in [3.63, 3.8) is 0 Å². The van der Waals surface area contributed by atoms with E-state index in [4.69, 9.17) is 0 Å². The van der Waals surface area contributed by atoms with Gasteiger partial charge in [-0.2, -0.15) is 0 Å². The average Bonchev–Trinajstić information content (AvgIpc) is 3.08. The van der Waals surface area contributed by atoms with Crippen LogP contribution in [0.25, 0.3) is 0 Å². The number of aliphatic hydroxyl groups is 1. The van der Waals surface area contributed by atoms with Crippen molar-refractivity contribution in [1.82, 2.24) is 0 Å². The summed E-state index contributed by atoms with van der Waals surface area (Å²) in [7, 11) is 0. The van der Waals surface area contributed by atoms with Gasteiger partial charge in [0.1, 0.15) is 0 Å². The average molecular weight is 431 g/mol. The molecule has 1 heteroatoms. The molecule has 0 radical (unpaired) electrons. The Morgan fingerprint density at radius 1 is 0.806 bits per heavy atom. The summed E-state index contributed by atoms with van der Waals surface area (Å²) in [4.78, 5) is 0. The zero-order chi connectivity index (χ0) is 22.4. The summed E-state index contributed by atoms with van der Waals surface area (Å²) in [6.07, 6.45) is 18.0. The third kappa shape index (κ3) is 4.28. The molecular formula is C30H54O. The Bertz CT molecular complexity index is 597. The molecule has 0 aromatic carbocycles. The number of hydrogen-bond donors (Lipinski definition) is 1. The fourth-order valence-electron chi connectivity index (χ4n) is 10.1. The van der Waals surface area contributed by atoms with Gasteiger partial charge in [-0.3, -0.25) is 0 Å². The van der Waals surface area contributed by atoms with E-state index in [0.29, 0.717) is 10.8 Å². The van der Waals surface area contributed by atoms with Gasteiger partial charge in [-0.05, 0) is 122 Å². The Balaban J connectivity index is 1.43. The molecule has 1 N–H and O–H groups in total. The number of rotatable bonds is 7. The third-order valence-corrected chi connectivity index (χ3v) is 12.0. The largest absolute Gasteiger partial charge is 0.393 e. The van der Waals surface area contributed by atoms with E-state index in [-0.39, 0.29) is 6.10 Å². The monoisotopic (exact) mass is 430 g/mol. The number of hydrogen-bond acceptors (Lipinski definition) is 1. The van der Waals surface area contributed by atoms with Crippen LogP contribution in [0.2, 0.25) is 0 Å². The minimum absolute atomic E-state index is 0.0115. The highest BCUT2D eigenvalue weighted by Crippen LogP contribution is 2.68. The van der Waals surface area contributed by atoms with Gasteiger partial charge in [0.2, 0.25) is 0 Å². The molecule has 0 spiro atoms. The molecule has 0 heterocycles. The van der Waals surface area contributed by atoms with Gasteiger partial charge in [0.15, 0.2) is 0 Å². The Morgan fingerprint density at radius 2 is 1.52 bits per heavy atom. The molecule has 0 aromatic heterocycles. The Kier molecular flexibility index (Phi) is 7.23. The van der Waals surface area contributed by atoms with Crippen molar-refractivity contribution in [2.45, 2.75) is 131 Å². The first kappa shape index (κ1) is 24.1. The maximum atomic E-state index is 10.3. The first-order valence-corrected chi connectivity index (χ1v) is 14.4. The van der Waals surface area contributed by atoms with Crippen molar-refractivity contribution >= 4 is 0 Å². The lowest BCUT2D eigenvalue weighted by Gasteiger charge is -2.61. The van der Waals surface area contributed by atoms with E-state index < -0.39 is 0 Å². The molecule has 180 valence electrons. The molecule has 4 aliphatic carbocycles. The molecule has 0 bridgehead atoms. The normalized spacial score (nSPS) is 46.8. The smallest absolute Gasteiger partial charge is 0.0543 e. The zero-order valence-electron chi connectivity index (χ0n) is 21.8. The van der Waals surface area contributed by atoms with Gasteiger partial charge in [-0.1, -0.05) is 60.8 Å². The predicted molar refractivity (Wildman–Crippen MR) is 133 cm³/mol. The summed E-state index contributed by atoms with van der Waals surface area (Å²) in [6, 6.07) is 0. The lowest BCUT2D eigenvalue weighted by molar-refractivity contribution is -0.129. The van der Waals surface area contributed by atoms with Gasteiger partial charge in [0.05, 0.1) is 6.10 Å². The van der Waals surface area contributed by atoms with E-state index in [2.05, 4.69) is 41.5 Å². The summed E-state index contributed by atoms with van der Waals surface area (Å²) >= 11 is 0. The van der Waals surface area contributed by atoms with Crippen LogP contribution < -0.4 is 0 Å². The summed E-state index contributed by atoms with van der Waals surface area (Å²) in [5, 5.41) is 10.3. The molecule has 0 saturated heterocycles. The topological polar surface area (TPSA) is 20.2 Å². The van der Waals surface area contributed by atoms with Gasteiger partial charge < -0.3 is 5.11 Å². The van der Waals surface area contributed by atoms with Crippen LogP contribution in [-0.4, -0.2) is 11.2 Å². The summed E-state index contributed by atoms with van der Waals surface area (Å²) < 4.78 is 0. The lowest BCUT2D eigenvalue weighted by atomic mass is 9.44. The van der Waals surface area contributed by atoms with E-state index in [1.807, 2.05) is 0 Å². The van der Waals surface area contributed by atoms with E-state index in [1.165, 1.54) is 70.6 Å². The second-order valence-corrected chi connectivity index (χ2v) is 13.7. The van der Waals surface area contributed by atoms with Gasteiger partial charge in [0.25, 0.3) is 0 Å². The molecule has 4 aliphatic rings. The molecule has 10 unspecified atom stereocenters. The maximum Gasteiger partial charge on any atom is 0.0543 e. The number of fused-ring (bicyclic) bond motifs is 5. The molecule has 4 rings (SSSR count). The van der Waals surface area contributed by atoms with Crippen LogP contribution in [0.1, 0.15) is 125 Å². The van der Waals surface area contributed by atoms with Gasteiger partial charge >= 0.3 is 0 Å². The SMILES string of the molecule is CCCC(CCC(C)C1CCC2C3CCC4CC(O)CCC4(C)C3CCC12C)C(C)C. The molecule has 10 atom stereocenters. The minimum Gasteiger partial charge on any atom is -0.393 e. The van der Waals surface area contributed by atoms with Crippen molar-refractivity contribution in [2.75, 3.05) is 0 Å². The highest BCUT2D eigenvalue weighted by atomic mass is 16.3. The summed E-state index contributed by atoms with van der Waals surface area (Å²) in [6.45, 7) is 15.2. The van der Waals surface area contributed by atoms with Crippen LogP contribution in [0.3, 0.4) is 0 Å². The van der Waals surface area contributed by atoms with Crippen LogP contribution in [0.15, 0.2) is 0 Å². The lowest BCUT2D eigenvalue weighted by Crippen LogP contribution is -2.54. The first-order valence-electron chi connectivity index (χ1n) is 14.4. The maximum absolute atomic E-state index is 10.3. The third-order valence-electron chi connectivity index (χ3n) is 12.0. The van der Waals surface area contributed by atoms with Crippen molar-refractivity contribution < 1.29 is 5.11 Å². The van der Waals surface area contributed by atoms with Crippen LogP contribution in [0, 0.1) is 58.2 Å². The van der Waals surface area contributed by atoms with E-state index >= 15 is 0 Å². The van der Waals surface area contributed by atoms with E-state index in [9.17, 15) is 5.11 Å². The fraction of sp³-hybridized carbons (Fsp3) is 1.00. The molecule has 4 saturated carbocycles. The van der Waals surface area contributed by atoms with Crippen molar-refractivity contribution in [3.8, 4) is 0 Å². The molecule has 4 fully saturated rings. The van der Waals surface area contributed by atoms with Crippen molar-refractivity contribution in [1.29, 1.82) is 0 Å². The summed E-state index contributed by atoms with van der Waals surface area (Å²) in [5.41, 5.74) is 1.13. The fourth-order valence-corrected chi connectivity index (χ4v) is 10.1. The minimum atomic E-state index is -0.0115. The molecule has 31 heavy (non-hydrogen) atoms. The quantitative estimate of drug-likeness (QED) is 0.429. The van der Waals surface area contributed by atoms with Crippen molar-refractivity contribution in [3.05, 3.63) is 0 Å². The highest BCUT2D eigenvalue weighted by Gasteiger charge is 2.60. The molecule has 1 nitrogen and oxygen atoms in total. The molecular weight excluding hydrogens is 376 g/mol.